The Morgan fingerprint density at radius 3 is 3.00 bits per heavy atom. The Kier molecular flexibility index (Phi) is 2.48. The smallest absolute Gasteiger partial charge is 0.270 e. The zero-order valence-electron chi connectivity index (χ0n) is 7.27. The van der Waals surface area contributed by atoms with Crippen LogP contribution in [0.15, 0.2) is 34.2 Å². The van der Waals surface area contributed by atoms with Crippen LogP contribution in [-0.2, 0) is 16.0 Å². The van der Waals surface area contributed by atoms with Gasteiger partial charge in [-0.3, -0.25) is 4.79 Å². The molecule has 1 unspecified atom stereocenters. The highest BCUT2D eigenvalue weighted by molar-refractivity contribution is 8.01. The van der Waals surface area contributed by atoms with Gasteiger partial charge in [-0.05, 0) is 18.1 Å². The van der Waals surface area contributed by atoms with Crippen LogP contribution >= 0.6 is 11.8 Å². The minimum atomic E-state index is -0.388. The molecule has 14 heavy (non-hydrogen) atoms. The lowest BCUT2D eigenvalue weighted by atomic mass is 10.1. The van der Waals surface area contributed by atoms with Crippen LogP contribution in [0.2, 0.25) is 0 Å². The van der Waals surface area contributed by atoms with Crippen molar-refractivity contribution in [2.75, 3.05) is 0 Å². The van der Waals surface area contributed by atoms with Crippen molar-refractivity contribution in [2.45, 2.75) is 16.6 Å². The molecule has 1 aliphatic heterocycles. The summed E-state index contributed by atoms with van der Waals surface area (Å²) >= 11 is 1.46. The molecule has 1 atom stereocenters. The minimum Gasteiger partial charge on any atom is -0.270 e. The van der Waals surface area contributed by atoms with Crippen LogP contribution in [0.25, 0.3) is 0 Å². The maximum Gasteiger partial charge on any atom is 0.270 e. The van der Waals surface area contributed by atoms with E-state index in [4.69, 9.17) is 0 Å². The number of fused-ring (bicyclic) bond motifs is 1. The summed E-state index contributed by atoms with van der Waals surface area (Å²) in [5.74, 6) is -0.388. The quantitative estimate of drug-likeness (QED) is 0.516. The van der Waals surface area contributed by atoms with Crippen molar-refractivity contribution in [3.63, 3.8) is 0 Å². The molecule has 0 aliphatic carbocycles. The maximum atomic E-state index is 11.3. The fourth-order valence-electron chi connectivity index (χ4n) is 1.44. The molecular formula is C10H7NO2S. The van der Waals surface area contributed by atoms with E-state index in [1.54, 1.807) is 0 Å². The Balaban J connectivity index is 2.19. The largest absolute Gasteiger partial charge is 0.270 e. The van der Waals surface area contributed by atoms with Crippen LogP contribution in [-0.4, -0.2) is 17.2 Å². The number of rotatable bonds is 1. The van der Waals surface area contributed by atoms with Gasteiger partial charge in [0.05, 0.1) is 5.25 Å². The molecule has 70 valence electrons. The van der Waals surface area contributed by atoms with Gasteiger partial charge in [-0.2, -0.15) is 0 Å². The van der Waals surface area contributed by atoms with Crippen LogP contribution in [0.1, 0.15) is 5.56 Å². The summed E-state index contributed by atoms with van der Waals surface area (Å²) in [6.07, 6.45) is 1.94. The molecule has 4 heteroatoms. The maximum absolute atomic E-state index is 11.3. The molecule has 0 saturated heterocycles. The SMILES string of the molecule is O=C=NC(=O)C1Cc2ccccc2S1. The first-order valence-corrected chi connectivity index (χ1v) is 5.05. The summed E-state index contributed by atoms with van der Waals surface area (Å²) in [5.41, 5.74) is 1.15. The third kappa shape index (κ3) is 1.62. The highest BCUT2D eigenvalue weighted by atomic mass is 32.2. The summed E-state index contributed by atoms with van der Waals surface area (Å²) in [6, 6.07) is 7.83. The Labute approximate surface area is 85.2 Å². The van der Waals surface area contributed by atoms with Crippen LogP contribution in [0.5, 0.6) is 0 Å². The monoisotopic (exact) mass is 205 g/mol. The molecule has 0 N–H and O–H groups in total. The van der Waals surface area contributed by atoms with Gasteiger partial charge in [-0.1, -0.05) is 18.2 Å². The van der Waals surface area contributed by atoms with Crippen LogP contribution in [0.3, 0.4) is 0 Å². The number of isocyanates is 1. The summed E-state index contributed by atoms with van der Waals surface area (Å²) in [5, 5.41) is -0.242. The number of thioether (sulfide) groups is 1. The van der Waals surface area contributed by atoms with Gasteiger partial charge in [0.2, 0.25) is 6.08 Å². The van der Waals surface area contributed by atoms with Gasteiger partial charge in [0, 0.05) is 4.90 Å². The van der Waals surface area contributed by atoms with Crippen molar-refractivity contribution in [2.24, 2.45) is 4.99 Å². The highest BCUT2D eigenvalue weighted by Gasteiger charge is 2.27. The molecular weight excluding hydrogens is 198 g/mol. The van der Waals surface area contributed by atoms with Crippen molar-refractivity contribution in [3.05, 3.63) is 29.8 Å². The number of amides is 1. The van der Waals surface area contributed by atoms with Crippen LogP contribution in [0, 0.1) is 0 Å². The van der Waals surface area contributed by atoms with Crippen molar-refractivity contribution in [1.29, 1.82) is 0 Å². The predicted molar refractivity (Wildman–Crippen MR) is 52.9 cm³/mol. The molecule has 3 nitrogen and oxygen atoms in total. The number of carbonyl (C=O) groups excluding carboxylic acids is 2. The van der Waals surface area contributed by atoms with Gasteiger partial charge >= 0.3 is 0 Å². The van der Waals surface area contributed by atoms with Crippen molar-refractivity contribution >= 4 is 23.7 Å². The number of hydrogen-bond acceptors (Lipinski definition) is 3. The second-order valence-electron chi connectivity index (χ2n) is 2.96. The van der Waals surface area contributed by atoms with E-state index in [1.165, 1.54) is 17.8 Å². The fourth-order valence-corrected chi connectivity index (χ4v) is 2.62. The van der Waals surface area contributed by atoms with Gasteiger partial charge in [0.1, 0.15) is 0 Å². The van der Waals surface area contributed by atoms with E-state index in [2.05, 4.69) is 4.99 Å². The first-order valence-electron chi connectivity index (χ1n) is 4.17. The molecule has 0 bridgehead atoms. The molecule has 0 spiro atoms. The van der Waals surface area contributed by atoms with Crippen LogP contribution < -0.4 is 0 Å². The van der Waals surface area contributed by atoms with E-state index in [1.807, 2.05) is 24.3 Å². The molecule has 0 fully saturated rings. The summed E-state index contributed by atoms with van der Waals surface area (Å²) in [7, 11) is 0. The van der Waals surface area contributed by atoms with Crippen LogP contribution in [0.4, 0.5) is 0 Å². The highest BCUT2D eigenvalue weighted by Crippen LogP contribution is 2.37. The van der Waals surface area contributed by atoms with Crippen molar-refractivity contribution < 1.29 is 9.59 Å². The van der Waals surface area contributed by atoms with Gasteiger partial charge < -0.3 is 0 Å². The molecule has 1 amide bonds. The molecule has 0 aromatic heterocycles. The predicted octanol–water partition coefficient (Wildman–Crippen LogP) is 1.57. The Morgan fingerprint density at radius 2 is 2.29 bits per heavy atom. The number of hydrogen-bond donors (Lipinski definition) is 0. The summed E-state index contributed by atoms with van der Waals surface area (Å²) in [6.45, 7) is 0. The second kappa shape index (κ2) is 3.78. The van der Waals surface area contributed by atoms with Gasteiger partial charge in [0.15, 0.2) is 0 Å². The van der Waals surface area contributed by atoms with E-state index < -0.39 is 0 Å². The zero-order valence-corrected chi connectivity index (χ0v) is 8.08. The molecule has 2 rings (SSSR count). The van der Waals surface area contributed by atoms with Crippen molar-refractivity contribution in [3.8, 4) is 0 Å². The third-order valence-electron chi connectivity index (χ3n) is 2.08. The van der Waals surface area contributed by atoms with Gasteiger partial charge in [0.25, 0.3) is 5.91 Å². The van der Waals surface area contributed by atoms with Gasteiger partial charge in [-0.15, -0.1) is 16.8 Å². The van der Waals surface area contributed by atoms with E-state index in [0.29, 0.717) is 6.42 Å². The summed E-state index contributed by atoms with van der Waals surface area (Å²) in [4.78, 5) is 25.4. The number of nitrogens with zero attached hydrogens (tertiary/aromatic N) is 1. The molecule has 1 heterocycles. The number of benzene rings is 1. The van der Waals surface area contributed by atoms with E-state index in [-0.39, 0.29) is 11.2 Å². The third-order valence-corrected chi connectivity index (χ3v) is 3.38. The minimum absolute atomic E-state index is 0.242. The topological polar surface area (TPSA) is 46.5 Å². The van der Waals surface area contributed by atoms with Gasteiger partial charge in [-0.25, -0.2) is 4.79 Å². The summed E-state index contributed by atoms with van der Waals surface area (Å²) < 4.78 is 0. The second-order valence-corrected chi connectivity index (χ2v) is 4.20. The lowest BCUT2D eigenvalue weighted by Crippen LogP contribution is -2.13. The first-order chi connectivity index (χ1) is 6.81. The van der Waals surface area contributed by atoms with E-state index >= 15 is 0 Å². The lowest BCUT2D eigenvalue weighted by Gasteiger charge is -1.98. The standard InChI is InChI=1S/C10H7NO2S/c12-6-11-10(13)9-5-7-3-1-2-4-8(7)14-9/h1-4,9H,5H2. The fraction of sp³-hybridized carbons (Fsp3) is 0.200. The Hall–Kier alpha value is -1.38. The Bertz CT molecular complexity index is 399. The normalized spacial score (nSPS) is 18.4. The van der Waals surface area contributed by atoms with E-state index in [9.17, 15) is 9.59 Å². The van der Waals surface area contributed by atoms with E-state index in [0.717, 1.165) is 10.5 Å². The lowest BCUT2D eigenvalue weighted by molar-refractivity contribution is -0.117. The average molecular weight is 205 g/mol. The molecule has 1 aromatic carbocycles. The molecule has 1 aromatic rings. The van der Waals surface area contributed by atoms with Crippen molar-refractivity contribution in [1.82, 2.24) is 0 Å². The first kappa shape index (κ1) is 9.19. The Morgan fingerprint density at radius 1 is 1.50 bits per heavy atom. The molecule has 0 saturated carbocycles. The molecule has 0 radical (unpaired) electrons. The zero-order chi connectivity index (χ0) is 9.97. The number of carbonyl (C=O) groups is 1. The average Bonchev–Trinajstić information content (AvgIpc) is 2.61. The molecule has 1 aliphatic rings. The number of aliphatic imine (C=N–C) groups is 1.